The van der Waals surface area contributed by atoms with Crippen molar-refractivity contribution in [3.8, 4) is 0 Å². The number of carbonyl (C=O) groups is 2. The molecule has 0 spiro atoms. The summed E-state index contributed by atoms with van der Waals surface area (Å²) in [6.45, 7) is 21.6. The number of halogens is 3. The van der Waals surface area contributed by atoms with Gasteiger partial charge in [0.2, 0.25) is 5.91 Å². The zero-order chi connectivity index (χ0) is 36.8. The second-order valence-electron chi connectivity index (χ2n) is 15.0. The van der Waals surface area contributed by atoms with Crippen LogP contribution in [0.3, 0.4) is 0 Å². The van der Waals surface area contributed by atoms with E-state index in [1.165, 1.54) is 12.1 Å². The number of benzene rings is 1. The molecule has 2 amide bonds. The molecule has 0 radical (unpaired) electrons. The van der Waals surface area contributed by atoms with Gasteiger partial charge < -0.3 is 29.7 Å². The van der Waals surface area contributed by atoms with Gasteiger partial charge >= 0.3 is 12.3 Å². The van der Waals surface area contributed by atoms with E-state index in [0.29, 0.717) is 56.4 Å². The summed E-state index contributed by atoms with van der Waals surface area (Å²) in [7, 11) is 2.19. The largest absolute Gasteiger partial charge is 0.444 e. The number of nitrogens with zero attached hydrogens (tertiary/aromatic N) is 7. The average Bonchev–Trinajstić information content (AvgIpc) is 3.10. The van der Waals surface area contributed by atoms with Crippen molar-refractivity contribution in [1.29, 1.82) is 0 Å². The summed E-state index contributed by atoms with van der Waals surface area (Å²) in [4.78, 5) is 43.7. The fourth-order valence-electron chi connectivity index (χ4n) is 7.02. The monoisotopic (exact) mass is 712 g/mol. The van der Waals surface area contributed by atoms with Crippen molar-refractivity contribution >= 4 is 34.9 Å². The van der Waals surface area contributed by atoms with Crippen LogP contribution in [-0.4, -0.2) is 116 Å². The van der Waals surface area contributed by atoms with Crippen LogP contribution in [0.25, 0.3) is 4.85 Å². The molecule has 1 aromatic carbocycles. The molecule has 3 saturated heterocycles. The lowest BCUT2D eigenvalue weighted by Gasteiger charge is -2.37. The zero-order valence-electron chi connectivity index (χ0n) is 30.2. The van der Waals surface area contributed by atoms with Gasteiger partial charge in [-0.15, -0.1) is 0 Å². The SMILES string of the molecule is [C-]#[N+]c1ccc(N2CCC(C(=O)Nc3ccc(N4CCC(CN(C)CCN5CCN(C(=O)OC(C)(C)C)CC5)CC4)cn3)CC2)cc1C(F)(F)F. The average molecular weight is 713 g/mol. The van der Waals surface area contributed by atoms with Gasteiger partial charge in [-0.25, -0.2) is 14.6 Å². The number of alkyl halides is 3. The van der Waals surface area contributed by atoms with E-state index < -0.39 is 23.0 Å². The number of nitrogens with one attached hydrogen (secondary N) is 1. The highest BCUT2D eigenvalue weighted by Gasteiger charge is 2.35. The first kappa shape index (κ1) is 38.1. The lowest BCUT2D eigenvalue weighted by atomic mass is 9.95. The lowest BCUT2D eigenvalue weighted by Crippen LogP contribution is -2.51. The Morgan fingerprint density at radius 3 is 2.16 bits per heavy atom. The number of amides is 2. The van der Waals surface area contributed by atoms with Crippen molar-refractivity contribution < 1.29 is 27.5 Å². The molecular formula is C37H51F3N8O3. The number of ether oxygens (including phenoxy) is 1. The Bertz CT molecular complexity index is 1520. The first-order valence-electron chi connectivity index (χ1n) is 17.9. The Morgan fingerprint density at radius 1 is 0.941 bits per heavy atom. The first-order chi connectivity index (χ1) is 24.2. The second-order valence-corrected chi connectivity index (χ2v) is 15.0. The highest BCUT2D eigenvalue weighted by molar-refractivity contribution is 5.92. The van der Waals surface area contributed by atoms with Gasteiger partial charge in [-0.05, 0) is 83.7 Å². The van der Waals surface area contributed by atoms with Crippen molar-refractivity contribution in [2.75, 3.05) is 94.2 Å². The Hall–Kier alpha value is -4.09. The molecule has 0 bridgehead atoms. The van der Waals surface area contributed by atoms with Gasteiger partial charge in [-0.1, -0.05) is 6.07 Å². The number of aromatic nitrogens is 1. The lowest BCUT2D eigenvalue weighted by molar-refractivity contribution is -0.136. The fraction of sp³-hybridized carbons (Fsp3) is 0.622. The second kappa shape index (κ2) is 16.5. The molecule has 5 rings (SSSR count). The zero-order valence-corrected chi connectivity index (χ0v) is 30.2. The van der Waals surface area contributed by atoms with Crippen molar-refractivity contribution in [2.45, 2.75) is 58.2 Å². The molecule has 0 atom stereocenters. The van der Waals surface area contributed by atoms with Crippen LogP contribution >= 0.6 is 0 Å². The van der Waals surface area contributed by atoms with E-state index in [0.717, 1.165) is 70.4 Å². The number of pyridine rings is 1. The van der Waals surface area contributed by atoms with Gasteiger partial charge in [0.15, 0.2) is 5.69 Å². The molecule has 4 heterocycles. The van der Waals surface area contributed by atoms with E-state index in [2.05, 4.69) is 36.9 Å². The van der Waals surface area contributed by atoms with Crippen LogP contribution in [0.1, 0.15) is 52.0 Å². The topological polar surface area (TPSA) is 88.9 Å². The molecule has 3 fully saturated rings. The predicted molar refractivity (Wildman–Crippen MR) is 192 cm³/mol. The number of piperazine rings is 1. The molecule has 14 heteroatoms. The van der Waals surface area contributed by atoms with E-state index in [1.807, 2.05) is 37.8 Å². The van der Waals surface area contributed by atoms with E-state index in [-0.39, 0.29) is 17.9 Å². The number of carbonyl (C=O) groups excluding carboxylic acids is 2. The van der Waals surface area contributed by atoms with E-state index >= 15 is 0 Å². The standard InChI is InChI=1S/C37H51F3N8O3/c1-36(2,3)51-35(50)48-22-20-45(21-23-48)19-18-44(5)26-27-10-14-47(15-11-27)30-7-9-33(42-25-30)43-34(49)28-12-16-46(17-13-28)29-6-8-32(41-4)31(24-29)37(38,39)40/h6-9,24-25,27-28H,10-23,26H2,1-3,5H3,(H,42,43,49). The molecule has 278 valence electrons. The number of piperidine rings is 2. The van der Waals surface area contributed by atoms with Gasteiger partial charge in [0.25, 0.3) is 0 Å². The summed E-state index contributed by atoms with van der Waals surface area (Å²) < 4.78 is 45.8. The van der Waals surface area contributed by atoms with E-state index in [9.17, 15) is 22.8 Å². The third-order valence-corrected chi connectivity index (χ3v) is 10.0. The molecule has 1 aromatic heterocycles. The third-order valence-electron chi connectivity index (χ3n) is 10.0. The van der Waals surface area contributed by atoms with Gasteiger partial charge in [0, 0.05) is 83.6 Å². The van der Waals surface area contributed by atoms with Crippen LogP contribution in [0.2, 0.25) is 0 Å². The molecule has 11 nitrogen and oxygen atoms in total. The number of hydrogen-bond donors (Lipinski definition) is 1. The van der Waals surface area contributed by atoms with Crippen LogP contribution < -0.4 is 15.1 Å². The maximum atomic E-state index is 13.4. The maximum Gasteiger partial charge on any atom is 0.410 e. The van der Waals surface area contributed by atoms with Gasteiger partial charge in [-0.3, -0.25) is 9.69 Å². The highest BCUT2D eigenvalue weighted by Crippen LogP contribution is 2.39. The smallest absolute Gasteiger partial charge is 0.410 e. The fourth-order valence-corrected chi connectivity index (χ4v) is 7.02. The molecule has 1 N–H and O–H groups in total. The summed E-state index contributed by atoms with van der Waals surface area (Å²) in [6.07, 6.45) is 0.178. The van der Waals surface area contributed by atoms with Crippen LogP contribution in [0.5, 0.6) is 0 Å². The normalized spacial score (nSPS) is 18.5. The van der Waals surface area contributed by atoms with Crippen LogP contribution in [-0.2, 0) is 15.7 Å². The van der Waals surface area contributed by atoms with E-state index in [1.54, 1.807) is 11.1 Å². The van der Waals surface area contributed by atoms with E-state index in [4.69, 9.17) is 11.3 Å². The minimum Gasteiger partial charge on any atom is -0.444 e. The minimum absolute atomic E-state index is 0.137. The summed E-state index contributed by atoms with van der Waals surface area (Å²) >= 11 is 0. The van der Waals surface area contributed by atoms with Crippen molar-refractivity contribution in [2.24, 2.45) is 11.8 Å². The van der Waals surface area contributed by atoms with Crippen LogP contribution in [0.15, 0.2) is 36.5 Å². The van der Waals surface area contributed by atoms with Gasteiger partial charge in [0.1, 0.15) is 11.4 Å². The number of likely N-dealkylation sites (N-methyl/N-ethyl adjacent to an activating group) is 1. The Labute approximate surface area is 299 Å². The number of hydrogen-bond acceptors (Lipinski definition) is 8. The summed E-state index contributed by atoms with van der Waals surface area (Å²) in [6, 6.07) is 7.60. The minimum atomic E-state index is -4.60. The van der Waals surface area contributed by atoms with Crippen molar-refractivity contribution in [3.63, 3.8) is 0 Å². The molecule has 0 aliphatic carbocycles. The quantitative estimate of drug-likeness (QED) is 0.308. The van der Waals surface area contributed by atoms with Gasteiger partial charge in [-0.2, -0.15) is 13.2 Å². The Morgan fingerprint density at radius 2 is 1.57 bits per heavy atom. The Kier molecular flexibility index (Phi) is 12.3. The number of rotatable bonds is 9. The van der Waals surface area contributed by atoms with Gasteiger partial charge in [0.05, 0.1) is 24.0 Å². The summed E-state index contributed by atoms with van der Waals surface area (Å²) in [5.74, 6) is 0.706. The number of anilines is 3. The molecule has 3 aliphatic rings. The molecule has 2 aromatic rings. The Balaban J connectivity index is 0.989. The predicted octanol–water partition coefficient (Wildman–Crippen LogP) is 6.21. The van der Waals surface area contributed by atoms with Crippen LogP contribution in [0, 0.1) is 18.4 Å². The molecule has 0 saturated carbocycles. The molecule has 51 heavy (non-hydrogen) atoms. The molecule has 3 aliphatic heterocycles. The van der Waals surface area contributed by atoms with Crippen LogP contribution in [0.4, 0.5) is 40.8 Å². The van der Waals surface area contributed by atoms with Crippen molar-refractivity contribution in [1.82, 2.24) is 19.7 Å². The van der Waals surface area contributed by atoms with Crippen molar-refractivity contribution in [3.05, 3.63) is 53.5 Å². The highest BCUT2D eigenvalue weighted by atomic mass is 19.4. The third kappa shape index (κ3) is 10.7. The first-order valence-corrected chi connectivity index (χ1v) is 17.9. The molecular weight excluding hydrogens is 661 g/mol. The summed E-state index contributed by atoms with van der Waals surface area (Å²) in [5, 5.41) is 2.92. The molecule has 0 unspecified atom stereocenters. The maximum absolute atomic E-state index is 13.4. The summed E-state index contributed by atoms with van der Waals surface area (Å²) in [5.41, 5.74) is -0.386.